The molecule has 2 heterocycles. The molecule has 0 aliphatic heterocycles. The second kappa shape index (κ2) is 9.40. The summed E-state index contributed by atoms with van der Waals surface area (Å²) in [6.45, 7) is 6.06. The van der Waals surface area contributed by atoms with Crippen molar-refractivity contribution in [2.75, 3.05) is 5.32 Å². The number of anilines is 1. The lowest BCUT2D eigenvalue weighted by atomic mass is 10.1. The third-order valence-electron chi connectivity index (χ3n) is 4.71. The van der Waals surface area contributed by atoms with Gasteiger partial charge in [0.2, 0.25) is 11.1 Å². The Labute approximate surface area is 188 Å². The summed E-state index contributed by atoms with van der Waals surface area (Å²) in [5.41, 5.74) is 6.01. The lowest BCUT2D eigenvalue weighted by molar-refractivity contribution is -0.115. The average Bonchev–Trinajstić information content (AvgIpc) is 3.39. The molecule has 0 aliphatic rings. The van der Waals surface area contributed by atoms with E-state index in [-0.39, 0.29) is 12.3 Å². The van der Waals surface area contributed by atoms with Crippen LogP contribution in [0.15, 0.2) is 53.0 Å². The van der Waals surface area contributed by atoms with Crippen LogP contribution in [0.5, 0.6) is 0 Å². The lowest BCUT2D eigenvalue weighted by Crippen LogP contribution is -2.15. The van der Waals surface area contributed by atoms with Crippen LogP contribution in [0.1, 0.15) is 27.4 Å². The smallest absolute Gasteiger partial charge is 0.231 e. The number of hydrogen-bond donors (Lipinski definition) is 1. The van der Waals surface area contributed by atoms with E-state index in [4.69, 9.17) is 0 Å². The molecule has 4 aromatic rings. The van der Waals surface area contributed by atoms with Crippen molar-refractivity contribution in [3.63, 3.8) is 0 Å². The molecule has 158 valence electrons. The number of tetrazole rings is 1. The van der Waals surface area contributed by atoms with Crippen molar-refractivity contribution in [3.05, 3.63) is 75.2 Å². The number of nitrogens with one attached hydrogen (secondary N) is 1. The predicted molar refractivity (Wildman–Crippen MR) is 124 cm³/mol. The molecule has 0 unspecified atom stereocenters. The van der Waals surface area contributed by atoms with E-state index in [0.717, 1.165) is 38.8 Å². The molecule has 0 atom stereocenters. The van der Waals surface area contributed by atoms with Crippen molar-refractivity contribution in [2.45, 2.75) is 38.1 Å². The standard InChI is InChI=1S/C22H22N6OS2/c1-14-8-9-16(3)19(10-14)28-22(25-26-27-28)31-13-17-12-30-21(23-17)11-20(29)24-18-7-5-4-6-15(18)2/h4-10,12H,11,13H2,1-3H3,(H,24,29). The second-order valence-electron chi connectivity index (χ2n) is 7.22. The van der Waals surface area contributed by atoms with Crippen LogP contribution in [0.4, 0.5) is 5.69 Å². The Balaban J connectivity index is 1.38. The molecule has 0 fully saturated rings. The summed E-state index contributed by atoms with van der Waals surface area (Å²) in [5, 5.41) is 18.6. The van der Waals surface area contributed by atoms with Crippen molar-refractivity contribution >= 4 is 34.7 Å². The SMILES string of the molecule is Cc1ccc(C)c(-n2nnnc2SCc2csc(CC(=O)Nc3ccccc3C)n2)c1. The van der Waals surface area contributed by atoms with Gasteiger partial charge in [-0.3, -0.25) is 4.79 Å². The fraction of sp³-hybridized carbons (Fsp3) is 0.227. The lowest BCUT2D eigenvalue weighted by Gasteiger charge is -2.08. The van der Waals surface area contributed by atoms with E-state index in [1.165, 1.54) is 23.1 Å². The first kappa shape index (κ1) is 21.2. The predicted octanol–water partition coefficient (Wildman–Crippen LogP) is 4.52. The number of aromatic nitrogens is 5. The number of carbonyl (C=O) groups is 1. The third kappa shape index (κ3) is 5.18. The summed E-state index contributed by atoms with van der Waals surface area (Å²) in [6, 6.07) is 13.9. The number of benzene rings is 2. The Morgan fingerprint density at radius 3 is 2.81 bits per heavy atom. The fourth-order valence-electron chi connectivity index (χ4n) is 3.05. The maximum Gasteiger partial charge on any atom is 0.231 e. The summed E-state index contributed by atoms with van der Waals surface area (Å²) in [7, 11) is 0. The van der Waals surface area contributed by atoms with E-state index < -0.39 is 0 Å². The van der Waals surface area contributed by atoms with Gasteiger partial charge in [-0.15, -0.1) is 16.4 Å². The molecule has 0 saturated carbocycles. The number of thiazole rings is 1. The Morgan fingerprint density at radius 2 is 1.97 bits per heavy atom. The highest BCUT2D eigenvalue weighted by molar-refractivity contribution is 7.98. The van der Waals surface area contributed by atoms with Crippen molar-refractivity contribution in [1.29, 1.82) is 0 Å². The number of amides is 1. The quantitative estimate of drug-likeness (QED) is 0.417. The maximum atomic E-state index is 12.4. The van der Waals surface area contributed by atoms with Gasteiger partial charge >= 0.3 is 0 Å². The van der Waals surface area contributed by atoms with Gasteiger partial charge in [0, 0.05) is 16.8 Å². The summed E-state index contributed by atoms with van der Waals surface area (Å²) >= 11 is 3.01. The van der Waals surface area contributed by atoms with Gasteiger partial charge in [0.15, 0.2) is 0 Å². The van der Waals surface area contributed by atoms with Crippen molar-refractivity contribution in [2.24, 2.45) is 0 Å². The normalized spacial score (nSPS) is 10.9. The van der Waals surface area contributed by atoms with Gasteiger partial charge in [0.1, 0.15) is 5.01 Å². The maximum absolute atomic E-state index is 12.4. The van der Waals surface area contributed by atoms with E-state index >= 15 is 0 Å². The van der Waals surface area contributed by atoms with Crippen LogP contribution in [0.2, 0.25) is 0 Å². The van der Waals surface area contributed by atoms with Crippen LogP contribution in [0, 0.1) is 20.8 Å². The molecule has 2 aromatic carbocycles. The van der Waals surface area contributed by atoms with E-state index in [1.807, 2.05) is 50.4 Å². The minimum Gasteiger partial charge on any atom is -0.325 e. The van der Waals surface area contributed by atoms with Gasteiger partial charge in [-0.1, -0.05) is 42.1 Å². The molecule has 0 radical (unpaired) electrons. The third-order valence-corrected chi connectivity index (χ3v) is 6.56. The fourth-order valence-corrected chi connectivity index (χ4v) is 4.72. The first-order valence-corrected chi connectivity index (χ1v) is 11.6. The zero-order valence-corrected chi connectivity index (χ0v) is 19.1. The number of carbonyl (C=O) groups excluding carboxylic acids is 1. The first-order chi connectivity index (χ1) is 15.0. The van der Waals surface area contributed by atoms with Crippen LogP contribution in [0.3, 0.4) is 0 Å². The van der Waals surface area contributed by atoms with Gasteiger partial charge in [-0.05, 0) is 60.0 Å². The number of nitrogens with zero attached hydrogens (tertiary/aromatic N) is 5. The topological polar surface area (TPSA) is 85.6 Å². The number of para-hydroxylation sites is 1. The van der Waals surface area contributed by atoms with E-state index in [0.29, 0.717) is 10.9 Å². The Bertz CT molecular complexity index is 1220. The molecule has 0 spiro atoms. The Hall–Kier alpha value is -3.04. The second-order valence-corrected chi connectivity index (χ2v) is 9.11. The van der Waals surface area contributed by atoms with Gasteiger partial charge < -0.3 is 5.32 Å². The van der Waals surface area contributed by atoms with Crippen LogP contribution >= 0.6 is 23.1 Å². The highest BCUT2D eigenvalue weighted by atomic mass is 32.2. The van der Waals surface area contributed by atoms with Crippen LogP contribution in [-0.2, 0) is 17.0 Å². The summed E-state index contributed by atoms with van der Waals surface area (Å²) in [4.78, 5) is 17.0. The number of aryl methyl sites for hydroxylation is 3. The summed E-state index contributed by atoms with van der Waals surface area (Å²) in [5.74, 6) is 0.558. The van der Waals surface area contributed by atoms with Gasteiger partial charge in [0.05, 0.1) is 17.8 Å². The minimum absolute atomic E-state index is 0.0679. The Morgan fingerprint density at radius 1 is 1.13 bits per heavy atom. The van der Waals surface area contributed by atoms with Crippen molar-refractivity contribution in [1.82, 2.24) is 25.2 Å². The zero-order valence-electron chi connectivity index (χ0n) is 17.5. The summed E-state index contributed by atoms with van der Waals surface area (Å²) < 4.78 is 1.76. The molecular formula is C22H22N6OS2. The highest BCUT2D eigenvalue weighted by Crippen LogP contribution is 2.25. The molecule has 0 bridgehead atoms. The van der Waals surface area contributed by atoms with E-state index in [9.17, 15) is 4.79 Å². The van der Waals surface area contributed by atoms with Crippen LogP contribution in [-0.4, -0.2) is 31.1 Å². The first-order valence-electron chi connectivity index (χ1n) is 9.77. The number of thioether (sulfide) groups is 1. The number of hydrogen-bond acceptors (Lipinski definition) is 7. The number of rotatable bonds is 7. The molecule has 31 heavy (non-hydrogen) atoms. The molecule has 2 aromatic heterocycles. The van der Waals surface area contributed by atoms with Gasteiger partial charge in [-0.2, -0.15) is 4.68 Å². The van der Waals surface area contributed by atoms with E-state index in [2.05, 4.69) is 44.0 Å². The van der Waals surface area contributed by atoms with Crippen LogP contribution < -0.4 is 5.32 Å². The monoisotopic (exact) mass is 450 g/mol. The highest BCUT2D eigenvalue weighted by Gasteiger charge is 2.14. The molecular weight excluding hydrogens is 428 g/mol. The zero-order chi connectivity index (χ0) is 21.8. The van der Waals surface area contributed by atoms with Crippen molar-refractivity contribution in [3.8, 4) is 5.69 Å². The summed E-state index contributed by atoms with van der Waals surface area (Å²) in [6.07, 6.45) is 0.254. The molecule has 1 N–H and O–H groups in total. The molecule has 1 amide bonds. The molecule has 4 rings (SSSR count). The molecule has 7 nitrogen and oxygen atoms in total. The van der Waals surface area contributed by atoms with Crippen LogP contribution in [0.25, 0.3) is 5.69 Å². The van der Waals surface area contributed by atoms with Crippen molar-refractivity contribution < 1.29 is 4.79 Å². The average molecular weight is 451 g/mol. The van der Waals surface area contributed by atoms with E-state index in [1.54, 1.807) is 4.68 Å². The largest absolute Gasteiger partial charge is 0.325 e. The molecule has 0 saturated heterocycles. The Kier molecular flexibility index (Phi) is 6.43. The minimum atomic E-state index is -0.0679. The van der Waals surface area contributed by atoms with Gasteiger partial charge in [-0.25, -0.2) is 4.98 Å². The molecule has 0 aliphatic carbocycles. The van der Waals surface area contributed by atoms with Gasteiger partial charge in [0.25, 0.3) is 0 Å². The molecule has 9 heteroatoms.